The van der Waals surface area contributed by atoms with Gasteiger partial charge in [0.15, 0.2) is 0 Å². The molecule has 0 fully saturated rings. The largest absolute Gasteiger partial charge is 0.277 e. The Bertz CT molecular complexity index is 766. The number of rotatable bonds is 3. The van der Waals surface area contributed by atoms with E-state index in [0.717, 1.165) is 10.4 Å². The fraction of sp³-hybridized carbons (Fsp3) is 0.0667. The maximum Gasteiger partial charge on any atom is 0.277 e. The zero-order valence-electron chi connectivity index (χ0n) is 10.5. The van der Waals surface area contributed by atoms with E-state index in [9.17, 15) is 4.79 Å². The highest BCUT2D eigenvalue weighted by atomic mass is 35.5. The Kier molecular flexibility index (Phi) is 3.67. The van der Waals surface area contributed by atoms with E-state index >= 15 is 0 Å². The summed E-state index contributed by atoms with van der Waals surface area (Å²) < 4.78 is 1.44. The molecule has 0 amide bonds. The van der Waals surface area contributed by atoms with Crippen LogP contribution in [0.2, 0.25) is 5.02 Å². The number of hydrogen-bond acceptors (Lipinski definition) is 3. The molecule has 0 atom stereocenters. The van der Waals surface area contributed by atoms with Crippen LogP contribution in [0.3, 0.4) is 0 Å². The summed E-state index contributed by atoms with van der Waals surface area (Å²) in [6.07, 6.45) is 1.53. The van der Waals surface area contributed by atoms with Crippen molar-refractivity contribution in [3.8, 4) is 10.4 Å². The third-order valence-electron chi connectivity index (χ3n) is 2.94. The molecule has 3 aromatic rings. The van der Waals surface area contributed by atoms with Gasteiger partial charge in [-0.25, -0.2) is 4.68 Å². The third kappa shape index (κ3) is 2.53. The van der Waals surface area contributed by atoms with Crippen LogP contribution < -0.4 is 5.56 Å². The van der Waals surface area contributed by atoms with Crippen LogP contribution in [0.4, 0.5) is 0 Å². The molecule has 0 saturated heterocycles. The Labute approximate surface area is 125 Å². The van der Waals surface area contributed by atoms with Gasteiger partial charge in [-0.1, -0.05) is 48.0 Å². The van der Waals surface area contributed by atoms with Crippen molar-refractivity contribution in [1.29, 1.82) is 0 Å². The molecule has 0 saturated carbocycles. The molecular weight excluding hydrogens is 292 g/mol. The molecule has 100 valence electrons. The first-order valence-electron chi connectivity index (χ1n) is 6.09. The summed E-state index contributed by atoms with van der Waals surface area (Å²) in [5.41, 5.74) is 1.39. The molecule has 0 bridgehead atoms. The van der Waals surface area contributed by atoms with Gasteiger partial charge in [0, 0.05) is 4.88 Å². The molecule has 3 nitrogen and oxygen atoms in total. The Morgan fingerprint density at radius 1 is 1.15 bits per heavy atom. The van der Waals surface area contributed by atoms with Crippen LogP contribution in [0.5, 0.6) is 0 Å². The molecule has 1 aromatic carbocycles. The highest BCUT2D eigenvalue weighted by Gasteiger charge is 2.13. The fourth-order valence-corrected chi connectivity index (χ4v) is 3.04. The van der Waals surface area contributed by atoms with Gasteiger partial charge >= 0.3 is 0 Å². The van der Waals surface area contributed by atoms with Gasteiger partial charge in [0.2, 0.25) is 0 Å². The van der Waals surface area contributed by atoms with Crippen LogP contribution in [-0.2, 0) is 6.54 Å². The number of thiophene rings is 1. The summed E-state index contributed by atoms with van der Waals surface area (Å²) >= 11 is 7.62. The monoisotopic (exact) mass is 302 g/mol. The molecule has 3 rings (SSSR count). The molecule has 0 spiro atoms. The lowest BCUT2D eigenvalue weighted by Gasteiger charge is -2.07. The van der Waals surface area contributed by atoms with Gasteiger partial charge in [-0.2, -0.15) is 5.10 Å². The van der Waals surface area contributed by atoms with E-state index in [4.69, 9.17) is 11.6 Å². The minimum absolute atomic E-state index is 0.163. The quantitative estimate of drug-likeness (QED) is 0.740. The van der Waals surface area contributed by atoms with Crippen LogP contribution in [0, 0.1) is 0 Å². The second kappa shape index (κ2) is 5.61. The van der Waals surface area contributed by atoms with Crippen molar-refractivity contribution >= 4 is 22.9 Å². The summed E-state index contributed by atoms with van der Waals surface area (Å²) in [5, 5.41) is 6.43. The first-order chi connectivity index (χ1) is 9.75. The smallest absolute Gasteiger partial charge is 0.267 e. The molecule has 0 aliphatic rings. The van der Waals surface area contributed by atoms with Crippen LogP contribution in [-0.4, -0.2) is 9.78 Å². The number of benzene rings is 1. The van der Waals surface area contributed by atoms with E-state index in [0.29, 0.717) is 17.1 Å². The van der Waals surface area contributed by atoms with E-state index < -0.39 is 0 Å². The summed E-state index contributed by atoms with van der Waals surface area (Å²) in [6.45, 7) is 0.440. The molecular formula is C15H11ClN2OS. The van der Waals surface area contributed by atoms with Gasteiger partial charge in [0.05, 0.1) is 23.3 Å². The lowest BCUT2D eigenvalue weighted by atomic mass is 10.2. The van der Waals surface area contributed by atoms with Crippen molar-refractivity contribution in [2.24, 2.45) is 0 Å². The lowest BCUT2D eigenvalue weighted by Crippen LogP contribution is -2.24. The SMILES string of the molecule is O=c1c(-c2cccs2)c(Cl)cnn1Cc1ccccc1. The van der Waals surface area contributed by atoms with Crippen LogP contribution in [0.15, 0.2) is 58.8 Å². The maximum atomic E-state index is 12.5. The van der Waals surface area contributed by atoms with Gasteiger partial charge in [0.1, 0.15) is 0 Å². The van der Waals surface area contributed by atoms with Crippen molar-refractivity contribution < 1.29 is 0 Å². The molecule has 5 heteroatoms. The normalized spacial score (nSPS) is 10.7. The van der Waals surface area contributed by atoms with Gasteiger partial charge in [0.25, 0.3) is 5.56 Å². The van der Waals surface area contributed by atoms with Crippen LogP contribution >= 0.6 is 22.9 Å². The summed E-state index contributed by atoms with van der Waals surface area (Å²) in [5.74, 6) is 0. The summed E-state index contributed by atoms with van der Waals surface area (Å²) in [6, 6.07) is 13.5. The van der Waals surface area contributed by atoms with Crippen molar-refractivity contribution in [3.63, 3.8) is 0 Å². The van der Waals surface area contributed by atoms with Crippen molar-refractivity contribution in [1.82, 2.24) is 9.78 Å². The molecule has 20 heavy (non-hydrogen) atoms. The predicted octanol–water partition coefficient (Wildman–Crippen LogP) is 3.67. The van der Waals surface area contributed by atoms with Gasteiger partial charge in [-0.3, -0.25) is 4.79 Å². The molecule has 0 N–H and O–H groups in total. The summed E-state index contributed by atoms with van der Waals surface area (Å²) in [7, 11) is 0. The molecule has 0 radical (unpaired) electrons. The van der Waals surface area contributed by atoms with Crippen molar-refractivity contribution in [3.05, 3.63) is 75.0 Å². The standard InChI is InChI=1S/C15H11ClN2OS/c16-12-9-17-18(10-11-5-2-1-3-6-11)15(19)14(12)13-7-4-8-20-13/h1-9H,10H2. The average Bonchev–Trinajstić information content (AvgIpc) is 2.97. The number of halogens is 1. The third-order valence-corrected chi connectivity index (χ3v) is 4.11. The van der Waals surface area contributed by atoms with E-state index in [1.807, 2.05) is 47.8 Å². The molecule has 0 aliphatic carbocycles. The minimum atomic E-state index is -0.163. The second-order valence-corrected chi connectivity index (χ2v) is 5.65. The number of aromatic nitrogens is 2. The Morgan fingerprint density at radius 3 is 2.65 bits per heavy atom. The van der Waals surface area contributed by atoms with Gasteiger partial charge in [-0.15, -0.1) is 11.3 Å². The van der Waals surface area contributed by atoms with Crippen molar-refractivity contribution in [2.75, 3.05) is 0 Å². The zero-order valence-corrected chi connectivity index (χ0v) is 12.1. The molecule has 2 aromatic heterocycles. The number of nitrogens with zero attached hydrogens (tertiary/aromatic N) is 2. The second-order valence-electron chi connectivity index (χ2n) is 4.29. The van der Waals surface area contributed by atoms with E-state index in [1.54, 1.807) is 0 Å². The zero-order chi connectivity index (χ0) is 13.9. The van der Waals surface area contributed by atoms with E-state index in [2.05, 4.69) is 5.10 Å². The first-order valence-corrected chi connectivity index (χ1v) is 7.35. The highest BCUT2D eigenvalue weighted by molar-refractivity contribution is 7.13. The molecule has 0 unspecified atom stereocenters. The lowest BCUT2D eigenvalue weighted by molar-refractivity contribution is 0.641. The highest BCUT2D eigenvalue weighted by Crippen LogP contribution is 2.27. The van der Waals surface area contributed by atoms with Crippen LogP contribution in [0.25, 0.3) is 10.4 Å². The molecule has 2 heterocycles. The topological polar surface area (TPSA) is 34.9 Å². The predicted molar refractivity (Wildman–Crippen MR) is 82.4 cm³/mol. The number of hydrogen-bond donors (Lipinski definition) is 0. The Hall–Kier alpha value is -1.91. The fourth-order valence-electron chi connectivity index (χ4n) is 1.98. The summed E-state index contributed by atoms with van der Waals surface area (Å²) in [4.78, 5) is 13.4. The van der Waals surface area contributed by atoms with Crippen LogP contribution in [0.1, 0.15) is 5.56 Å². The van der Waals surface area contributed by atoms with E-state index in [1.165, 1.54) is 22.2 Å². The van der Waals surface area contributed by atoms with Gasteiger partial charge in [-0.05, 0) is 17.0 Å². The van der Waals surface area contributed by atoms with Gasteiger partial charge < -0.3 is 0 Å². The maximum absolute atomic E-state index is 12.5. The average molecular weight is 303 g/mol. The first kappa shape index (κ1) is 13.1. The minimum Gasteiger partial charge on any atom is -0.267 e. The Morgan fingerprint density at radius 2 is 1.95 bits per heavy atom. The van der Waals surface area contributed by atoms with E-state index in [-0.39, 0.29) is 5.56 Å². The van der Waals surface area contributed by atoms with Crippen molar-refractivity contribution in [2.45, 2.75) is 6.54 Å². The Balaban J connectivity index is 2.06. The molecule has 0 aliphatic heterocycles.